The lowest BCUT2D eigenvalue weighted by molar-refractivity contribution is 0.0950. The summed E-state index contributed by atoms with van der Waals surface area (Å²) in [6.45, 7) is 2.45. The van der Waals surface area contributed by atoms with Crippen LogP contribution in [0.15, 0.2) is 24.4 Å². The van der Waals surface area contributed by atoms with Crippen LogP contribution in [-0.2, 0) is 13.0 Å². The van der Waals surface area contributed by atoms with Crippen molar-refractivity contribution in [2.45, 2.75) is 19.9 Å². The van der Waals surface area contributed by atoms with Crippen LogP contribution in [0.4, 0.5) is 5.69 Å². The molecular weight excluding hydrogens is 262 g/mol. The SMILES string of the molecule is CCc1cnc(CNC(=O)c2ccc(N)c(O)c2)s1. The molecule has 0 aliphatic carbocycles. The summed E-state index contributed by atoms with van der Waals surface area (Å²) < 4.78 is 0. The van der Waals surface area contributed by atoms with Gasteiger partial charge in [0, 0.05) is 16.6 Å². The molecule has 0 fully saturated rings. The minimum Gasteiger partial charge on any atom is -0.506 e. The van der Waals surface area contributed by atoms with Gasteiger partial charge in [-0.25, -0.2) is 4.98 Å². The minimum absolute atomic E-state index is 0.0878. The van der Waals surface area contributed by atoms with Gasteiger partial charge >= 0.3 is 0 Å². The van der Waals surface area contributed by atoms with E-state index >= 15 is 0 Å². The highest BCUT2D eigenvalue weighted by Crippen LogP contribution is 2.20. The number of hydrogen-bond acceptors (Lipinski definition) is 5. The molecule has 1 aromatic heterocycles. The van der Waals surface area contributed by atoms with Crippen LogP contribution in [0.25, 0.3) is 0 Å². The molecule has 6 heteroatoms. The highest BCUT2D eigenvalue weighted by atomic mass is 32.1. The number of aromatic nitrogens is 1. The monoisotopic (exact) mass is 277 g/mol. The van der Waals surface area contributed by atoms with Gasteiger partial charge in [-0.2, -0.15) is 0 Å². The molecule has 0 saturated heterocycles. The number of thiazole rings is 1. The third-order valence-corrected chi connectivity index (χ3v) is 3.78. The van der Waals surface area contributed by atoms with Crippen LogP contribution < -0.4 is 11.1 Å². The summed E-state index contributed by atoms with van der Waals surface area (Å²) in [4.78, 5) is 17.3. The Labute approximate surface area is 115 Å². The fraction of sp³-hybridized carbons (Fsp3) is 0.231. The van der Waals surface area contributed by atoms with Gasteiger partial charge in [0.1, 0.15) is 10.8 Å². The van der Waals surface area contributed by atoms with Gasteiger partial charge in [-0.05, 0) is 24.6 Å². The molecule has 1 aromatic carbocycles. The second-order valence-corrected chi connectivity index (χ2v) is 5.23. The normalized spacial score (nSPS) is 10.4. The number of nitrogen functional groups attached to an aromatic ring is 1. The molecule has 1 heterocycles. The second kappa shape index (κ2) is 5.71. The standard InChI is InChI=1S/C13H15N3O2S/c1-2-9-6-15-12(19-9)7-16-13(18)8-3-4-10(14)11(17)5-8/h3-6,17H,2,7,14H2,1H3,(H,16,18). The molecule has 4 N–H and O–H groups in total. The van der Waals surface area contributed by atoms with E-state index in [0.29, 0.717) is 12.1 Å². The maximum Gasteiger partial charge on any atom is 0.251 e. The molecule has 5 nitrogen and oxygen atoms in total. The van der Waals surface area contributed by atoms with Crippen molar-refractivity contribution in [2.24, 2.45) is 0 Å². The first kappa shape index (κ1) is 13.4. The zero-order chi connectivity index (χ0) is 13.8. The maximum atomic E-state index is 11.9. The third kappa shape index (κ3) is 3.23. The fourth-order valence-corrected chi connectivity index (χ4v) is 2.34. The summed E-state index contributed by atoms with van der Waals surface area (Å²) >= 11 is 1.58. The lowest BCUT2D eigenvalue weighted by Gasteiger charge is -2.05. The molecule has 2 aromatic rings. The highest BCUT2D eigenvalue weighted by Gasteiger charge is 2.09. The number of aryl methyl sites for hydroxylation is 1. The Morgan fingerprint density at radius 2 is 2.32 bits per heavy atom. The van der Waals surface area contributed by atoms with Gasteiger partial charge in [0.05, 0.1) is 12.2 Å². The van der Waals surface area contributed by atoms with Crippen LogP contribution in [0, 0.1) is 0 Å². The third-order valence-electron chi connectivity index (χ3n) is 2.64. The maximum absolute atomic E-state index is 11.9. The van der Waals surface area contributed by atoms with Crippen LogP contribution in [0.3, 0.4) is 0 Å². The van der Waals surface area contributed by atoms with Crippen molar-refractivity contribution in [1.29, 1.82) is 0 Å². The number of nitrogens with one attached hydrogen (secondary N) is 1. The van der Waals surface area contributed by atoms with Gasteiger partial charge in [-0.15, -0.1) is 11.3 Å². The summed E-state index contributed by atoms with van der Waals surface area (Å²) in [7, 11) is 0. The van der Waals surface area contributed by atoms with Crippen LogP contribution in [-0.4, -0.2) is 16.0 Å². The molecule has 2 rings (SSSR count). The molecule has 19 heavy (non-hydrogen) atoms. The lowest BCUT2D eigenvalue weighted by Crippen LogP contribution is -2.22. The van der Waals surface area contributed by atoms with E-state index in [1.807, 2.05) is 6.20 Å². The number of phenolic OH excluding ortho intramolecular Hbond substituents is 1. The number of benzene rings is 1. The summed E-state index contributed by atoms with van der Waals surface area (Å²) in [6.07, 6.45) is 2.76. The molecule has 0 saturated carbocycles. The van der Waals surface area contributed by atoms with Gasteiger partial charge in [0.15, 0.2) is 0 Å². The fourth-order valence-electron chi connectivity index (χ4n) is 1.54. The lowest BCUT2D eigenvalue weighted by atomic mass is 10.2. The Morgan fingerprint density at radius 1 is 1.53 bits per heavy atom. The van der Waals surface area contributed by atoms with E-state index in [1.165, 1.54) is 17.0 Å². The van der Waals surface area contributed by atoms with Crippen molar-refractivity contribution in [3.8, 4) is 5.75 Å². The van der Waals surface area contributed by atoms with Crippen LogP contribution in [0.5, 0.6) is 5.75 Å². The Bertz CT molecular complexity index is 595. The molecule has 0 aliphatic heterocycles. The van der Waals surface area contributed by atoms with Crippen molar-refractivity contribution in [3.63, 3.8) is 0 Å². The number of nitrogens with two attached hydrogens (primary N) is 1. The predicted molar refractivity (Wildman–Crippen MR) is 75.2 cm³/mol. The van der Waals surface area contributed by atoms with Crippen molar-refractivity contribution in [3.05, 3.63) is 39.8 Å². The van der Waals surface area contributed by atoms with Gasteiger partial charge in [-0.3, -0.25) is 4.79 Å². The van der Waals surface area contributed by atoms with Crippen molar-refractivity contribution in [1.82, 2.24) is 10.3 Å². The van der Waals surface area contributed by atoms with E-state index in [4.69, 9.17) is 5.73 Å². The van der Waals surface area contributed by atoms with Crippen LogP contribution >= 0.6 is 11.3 Å². The molecule has 0 bridgehead atoms. The average molecular weight is 277 g/mol. The number of anilines is 1. The number of hydrogen-bond donors (Lipinski definition) is 3. The number of phenols is 1. The van der Waals surface area contributed by atoms with Gasteiger partial charge in [-0.1, -0.05) is 6.92 Å². The number of carbonyl (C=O) groups is 1. The minimum atomic E-state index is -0.261. The molecule has 100 valence electrons. The van der Waals surface area contributed by atoms with Gasteiger partial charge in [0.2, 0.25) is 0 Å². The average Bonchev–Trinajstić information content (AvgIpc) is 2.87. The van der Waals surface area contributed by atoms with E-state index in [9.17, 15) is 9.90 Å². The number of amides is 1. The highest BCUT2D eigenvalue weighted by molar-refractivity contribution is 7.11. The van der Waals surface area contributed by atoms with E-state index in [2.05, 4.69) is 17.2 Å². The largest absolute Gasteiger partial charge is 0.506 e. The Hall–Kier alpha value is -2.08. The van der Waals surface area contributed by atoms with E-state index in [-0.39, 0.29) is 17.3 Å². The topological polar surface area (TPSA) is 88.2 Å². The number of rotatable bonds is 4. The molecule has 1 amide bonds. The zero-order valence-electron chi connectivity index (χ0n) is 10.5. The summed E-state index contributed by atoms with van der Waals surface area (Å²) in [5.41, 5.74) is 6.11. The Morgan fingerprint density at radius 3 is 2.95 bits per heavy atom. The zero-order valence-corrected chi connectivity index (χ0v) is 11.3. The van der Waals surface area contributed by atoms with Crippen molar-refractivity contribution < 1.29 is 9.90 Å². The molecule has 0 unspecified atom stereocenters. The first-order valence-corrected chi connectivity index (χ1v) is 6.72. The van der Waals surface area contributed by atoms with Crippen LogP contribution in [0.2, 0.25) is 0 Å². The second-order valence-electron chi connectivity index (χ2n) is 4.03. The predicted octanol–water partition coefficient (Wildman–Crippen LogP) is 1.92. The summed E-state index contributed by atoms with van der Waals surface area (Å²) in [6, 6.07) is 4.43. The van der Waals surface area contributed by atoms with Crippen molar-refractivity contribution >= 4 is 22.9 Å². The van der Waals surface area contributed by atoms with E-state index < -0.39 is 0 Å². The molecule has 0 aliphatic rings. The van der Waals surface area contributed by atoms with Gasteiger partial charge in [0.25, 0.3) is 5.91 Å². The number of aromatic hydroxyl groups is 1. The molecule has 0 radical (unpaired) electrons. The van der Waals surface area contributed by atoms with Crippen LogP contribution in [0.1, 0.15) is 27.2 Å². The molecule has 0 atom stereocenters. The first-order chi connectivity index (χ1) is 9.10. The number of carbonyl (C=O) groups excluding carboxylic acids is 1. The first-order valence-electron chi connectivity index (χ1n) is 5.90. The summed E-state index contributed by atoms with van der Waals surface area (Å²) in [5.74, 6) is -0.348. The quantitative estimate of drug-likeness (QED) is 0.588. The smallest absolute Gasteiger partial charge is 0.251 e. The van der Waals surface area contributed by atoms with Crippen molar-refractivity contribution in [2.75, 3.05) is 5.73 Å². The van der Waals surface area contributed by atoms with Gasteiger partial charge < -0.3 is 16.2 Å². The Kier molecular flexibility index (Phi) is 4.01. The number of nitrogens with zero attached hydrogens (tertiary/aromatic N) is 1. The molecule has 0 spiro atoms. The Balaban J connectivity index is 1.99. The van der Waals surface area contributed by atoms with E-state index in [1.54, 1.807) is 17.4 Å². The summed E-state index contributed by atoms with van der Waals surface area (Å²) in [5, 5.41) is 13.1. The van der Waals surface area contributed by atoms with E-state index in [0.717, 1.165) is 11.4 Å². The molecular formula is C13H15N3O2S.